The van der Waals surface area contributed by atoms with Crippen LogP contribution < -0.4 is 0 Å². The Bertz CT molecular complexity index is 88.8. The van der Waals surface area contributed by atoms with Crippen LogP contribution in [0.4, 0.5) is 17.6 Å². The van der Waals surface area contributed by atoms with E-state index < -0.39 is 18.8 Å². The number of halogens is 4. The SMILES string of the molecule is CC(F)(F)[OH+]CC(O)(F)F. The summed E-state index contributed by atoms with van der Waals surface area (Å²) in [6, 6.07) is 0. The predicted molar refractivity (Wildman–Crippen MR) is 24.9 cm³/mol. The van der Waals surface area contributed by atoms with Gasteiger partial charge in [0.05, 0.1) is 6.92 Å². The second-order valence-corrected chi connectivity index (χ2v) is 1.82. The van der Waals surface area contributed by atoms with E-state index in [0.29, 0.717) is 6.92 Å². The molecule has 10 heavy (non-hydrogen) atoms. The monoisotopic (exact) mass is 163 g/mol. The maximum absolute atomic E-state index is 11.6. The lowest BCUT2D eigenvalue weighted by Gasteiger charge is -2.09. The van der Waals surface area contributed by atoms with Crippen molar-refractivity contribution in [3.8, 4) is 0 Å². The Kier molecular flexibility index (Phi) is 2.61. The molecule has 0 atom stereocenters. The van der Waals surface area contributed by atoms with E-state index in [1.807, 2.05) is 0 Å². The fourth-order valence-electron chi connectivity index (χ4n) is 0.234. The van der Waals surface area contributed by atoms with Gasteiger partial charge in [-0.05, 0) is 0 Å². The molecule has 2 N–H and O–H groups in total. The van der Waals surface area contributed by atoms with Crippen LogP contribution in [0, 0.1) is 0 Å². The topological polar surface area (TPSA) is 33.0 Å². The third-order valence-electron chi connectivity index (χ3n) is 0.547. The number of ether oxygens (including phenoxy) is 1. The lowest BCUT2D eigenvalue weighted by Crippen LogP contribution is -2.32. The van der Waals surface area contributed by atoms with Gasteiger partial charge >= 0.3 is 12.2 Å². The molecule has 0 saturated heterocycles. The van der Waals surface area contributed by atoms with E-state index in [-0.39, 0.29) is 0 Å². The van der Waals surface area contributed by atoms with Gasteiger partial charge in [0.2, 0.25) is 6.61 Å². The van der Waals surface area contributed by atoms with Crippen LogP contribution in [0.5, 0.6) is 0 Å². The van der Waals surface area contributed by atoms with Crippen molar-refractivity contribution in [2.75, 3.05) is 6.61 Å². The van der Waals surface area contributed by atoms with Crippen LogP contribution in [0.2, 0.25) is 0 Å². The summed E-state index contributed by atoms with van der Waals surface area (Å²) in [6.45, 7) is -1.21. The van der Waals surface area contributed by atoms with Crippen molar-refractivity contribution in [3.05, 3.63) is 0 Å². The molecule has 6 heteroatoms. The van der Waals surface area contributed by atoms with E-state index in [9.17, 15) is 17.6 Å². The highest BCUT2D eigenvalue weighted by Crippen LogP contribution is 2.15. The highest BCUT2D eigenvalue weighted by atomic mass is 19.3. The molecule has 0 radical (unpaired) electrons. The van der Waals surface area contributed by atoms with Gasteiger partial charge in [0, 0.05) is 0 Å². The standard InChI is InChI=1S/C4H6F4O2/c1-3(5,6)10-2-4(7,8)9/h9H,2H2,1H3/p+1. The van der Waals surface area contributed by atoms with E-state index in [1.165, 1.54) is 0 Å². The minimum absolute atomic E-state index is 0.360. The first kappa shape index (κ1) is 9.64. The molecule has 0 fully saturated rings. The van der Waals surface area contributed by atoms with E-state index in [1.54, 1.807) is 0 Å². The van der Waals surface area contributed by atoms with Crippen LogP contribution in [-0.4, -0.2) is 28.7 Å². The summed E-state index contributed by atoms with van der Waals surface area (Å²) in [5.41, 5.74) is 0. The van der Waals surface area contributed by atoms with E-state index in [2.05, 4.69) is 4.74 Å². The van der Waals surface area contributed by atoms with Crippen molar-refractivity contribution in [2.45, 2.75) is 19.1 Å². The van der Waals surface area contributed by atoms with Gasteiger partial charge in [0.15, 0.2) is 0 Å². The van der Waals surface area contributed by atoms with E-state index >= 15 is 0 Å². The van der Waals surface area contributed by atoms with Crippen molar-refractivity contribution < 1.29 is 27.4 Å². The summed E-state index contributed by atoms with van der Waals surface area (Å²) in [6.07, 6.45) is -7.65. The van der Waals surface area contributed by atoms with E-state index in [0.717, 1.165) is 0 Å². The Balaban J connectivity index is 3.56. The second kappa shape index (κ2) is 2.71. The van der Waals surface area contributed by atoms with E-state index in [4.69, 9.17) is 5.11 Å². The molecule has 0 unspecified atom stereocenters. The molecule has 62 valence electrons. The Morgan fingerprint density at radius 1 is 1.30 bits per heavy atom. The smallest absolute Gasteiger partial charge is 0.370 e. The Labute approximate surface area is 54.4 Å². The first-order chi connectivity index (χ1) is 4.21. The zero-order valence-electron chi connectivity index (χ0n) is 5.11. The summed E-state index contributed by atoms with van der Waals surface area (Å²) in [7, 11) is 0. The minimum Gasteiger partial charge on any atom is -0.370 e. The van der Waals surface area contributed by atoms with Crippen LogP contribution in [0.15, 0.2) is 0 Å². The molecular weight excluding hydrogens is 156 g/mol. The third kappa shape index (κ3) is 7.64. The quantitative estimate of drug-likeness (QED) is 0.482. The van der Waals surface area contributed by atoms with Gasteiger partial charge in [-0.25, -0.2) is 0 Å². The van der Waals surface area contributed by atoms with Gasteiger partial charge in [-0.1, -0.05) is 0 Å². The average molecular weight is 163 g/mol. The zero-order valence-corrected chi connectivity index (χ0v) is 5.11. The molecule has 0 aromatic carbocycles. The fourth-order valence-corrected chi connectivity index (χ4v) is 0.234. The van der Waals surface area contributed by atoms with Gasteiger partial charge in [0.1, 0.15) is 0 Å². The molecule has 0 amide bonds. The average Bonchev–Trinajstić information content (AvgIpc) is 1.57. The number of rotatable bonds is 3. The Morgan fingerprint density at radius 3 is 1.80 bits per heavy atom. The van der Waals surface area contributed by atoms with Crippen LogP contribution in [0.3, 0.4) is 0 Å². The molecule has 0 aliphatic rings. The van der Waals surface area contributed by atoms with Crippen LogP contribution >= 0.6 is 0 Å². The first-order valence-electron chi connectivity index (χ1n) is 2.37. The number of hydrogen-bond acceptors (Lipinski definition) is 1. The number of aliphatic hydroxyl groups is 3. The van der Waals surface area contributed by atoms with Gasteiger partial charge in [-0.3, -0.25) is 0 Å². The molecule has 0 aromatic heterocycles. The molecule has 0 bridgehead atoms. The summed E-state index contributed by atoms with van der Waals surface area (Å²) in [5.74, 6) is 0. The van der Waals surface area contributed by atoms with Crippen molar-refractivity contribution in [2.24, 2.45) is 0 Å². The third-order valence-corrected chi connectivity index (χ3v) is 0.547. The maximum Gasteiger partial charge on any atom is 0.466 e. The fraction of sp³-hybridized carbons (Fsp3) is 1.00. The second-order valence-electron chi connectivity index (χ2n) is 1.82. The first-order valence-corrected chi connectivity index (χ1v) is 2.37. The summed E-state index contributed by atoms with van der Waals surface area (Å²) in [5, 5.41) is 7.62. The van der Waals surface area contributed by atoms with Gasteiger partial charge in [-0.15, -0.1) is 8.78 Å². The predicted octanol–water partition coefficient (Wildman–Crippen LogP) is 0.712. The lowest BCUT2D eigenvalue weighted by atomic mass is 10.6. The van der Waals surface area contributed by atoms with Crippen molar-refractivity contribution >= 4 is 0 Å². The van der Waals surface area contributed by atoms with Crippen molar-refractivity contribution in [3.63, 3.8) is 0 Å². The lowest BCUT2D eigenvalue weighted by molar-refractivity contribution is -0.374. The van der Waals surface area contributed by atoms with Crippen molar-refractivity contribution in [1.82, 2.24) is 0 Å². The van der Waals surface area contributed by atoms with Crippen LogP contribution in [0.25, 0.3) is 0 Å². The summed E-state index contributed by atoms with van der Waals surface area (Å²) in [4.78, 5) is 0. The molecule has 0 aromatic rings. The van der Waals surface area contributed by atoms with Crippen molar-refractivity contribution in [1.29, 1.82) is 0 Å². The molecule has 0 rings (SSSR count). The molecule has 0 aliphatic heterocycles. The van der Waals surface area contributed by atoms with Gasteiger partial charge in [0.25, 0.3) is 0 Å². The Hall–Kier alpha value is -0.360. The zero-order chi connectivity index (χ0) is 8.41. The summed E-state index contributed by atoms with van der Waals surface area (Å²) >= 11 is 0. The van der Waals surface area contributed by atoms with Gasteiger partial charge in [-0.2, -0.15) is 8.78 Å². The number of hydrogen-bond donors (Lipinski definition) is 1. The maximum atomic E-state index is 11.6. The molecule has 0 heterocycles. The molecule has 0 saturated carbocycles. The minimum atomic E-state index is -4.14. The molecule has 0 aliphatic carbocycles. The van der Waals surface area contributed by atoms with Crippen LogP contribution in [0.1, 0.15) is 6.92 Å². The normalized spacial score (nSPS) is 13.8. The van der Waals surface area contributed by atoms with Gasteiger partial charge < -0.3 is 9.84 Å². The highest BCUT2D eigenvalue weighted by Gasteiger charge is 2.37. The molecule has 2 nitrogen and oxygen atoms in total. The molecular formula is C4H7F4O2+. The van der Waals surface area contributed by atoms with Crippen LogP contribution in [-0.2, 0) is 0 Å². The number of alkyl halides is 4. The Morgan fingerprint density at radius 2 is 1.70 bits per heavy atom. The molecule has 0 spiro atoms. The highest BCUT2D eigenvalue weighted by molar-refractivity contribution is 4.45. The summed E-state index contributed by atoms with van der Waals surface area (Å²) < 4.78 is 48.2. The largest absolute Gasteiger partial charge is 0.466 e.